The summed E-state index contributed by atoms with van der Waals surface area (Å²) in [5, 5.41) is 40.6. The van der Waals surface area contributed by atoms with Gasteiger partial charge in [-0.3, -0.25) is 19.2 Å². The van der Waals surface area contributed by atoms with Crippen LogP contribution in [0.1, 0.15) is 31.8 Å². The van der Waals surface area contributed by atoms with Crippen LogP contribution < -0.4 is 10.2 Å². The maximum Gasteiger partial charge on any atom is 2.00 e. The Morgan fingerprint density at radius 1 is 0.422 bits per heavy atom. The molecule has 0 N–H and O–H groups in total. The zero-order valence-electron chi connectivity index (χ0n) is 22.5. The third-order valence-electron chi connectivity index (χ3n) is 6.29. The average Bonchev–Trinajstić information content (AvgIpc) is 3.04. The minimum Gasteiger partial charge on any atom is -0.870 e. The standard InChI is InChI=1S/2C16H9ClN2O3.Cu/c2*17-9-5-7-10(8-6-9)18-19-13-14(20)11-3-1-2-4-12(11)15(21)16(13)22;/h2*1-8,20H;/q;;+2/p-2. The summed E-state index contributed by atoms with van der Waals surface area (Å²) in [6.07, 6.45) is 0. The third kappa shape index (κ3) is 7.03. The van der Waals surface area contributed by atoms with Crippen LogP contribution in [0.25, 0.3) is 11.5 Å². The molecule has 10 nitrogen and oxygen atoms in total. The Balaban J connectivity index is 0.000000200. The van der Waals surface area contributed by atoms with Crippen molar-refractivity contribution in [3.8, 4) is 0 Å². The fourth-order valence-electron chi connectivity index (χ4n) is 4.09. The van der Waals surface area contributed by atoms with E-state index in [0.29, 0.717) is 21.4 Å². The molecule has 0 bridgehead atoms. The van der Waals surface area contributed by atoms with Crippen molar-refractivity contribution in [1.29, 1.82) is 0 Å². The second-order valence-electron chi connectivity index (χ2n) is 9.12. The molecule has 0 amide bonds. The summed E-state index contributed by atoms with van der Waals surface area (Å²) < 4.78 is 0. The maximum atomic E-state index is 12.3. The summed E-state index contributed by atoms with van der Waals surface area (Å²) in [7, 11) is 0. The zero-order chi connectivity index (χ0) is 31.4. The number of rotatable bonds is 4. The van der Waals surface area contributed by atoms with E-state index in [9.17, 15) is 29.4 Å². The first-order chi connectivity index (χ1) is 21.2. The van der Waals surface area contributed by atoms with Crippen LogP contribution >= 0.6 is 23.2 Å². The number of hydrogen-bond donors (Lipinski definition) is 0. The molecular formula is C32H16Cl2CuN4O6. The number of azo groups is 2. The predicted molar refractivity (Wildman–Crippen MR) is 157 cm³/mol. The molecule has 0 aromatic heterocycles. The van der Waals surface area contributed by atoms with E-state index in [2.05, 4.69) is 20.5 Å². The molecule has 45 heavy (non-hydrogen) atoms. The van der Waals surface area contributed by atoms with Gasteiger partial charge in [-0.05, 0) is 59.7 Å². The third-order valence-corrected chi connectivity index (χ3v) is 6.79. The van der Waals surface area contributed by atoms with Crippen LogP contribution in [0.15, 0.2) is 129 Å². The molecule has 0 unspecified atom stereocenters. The summed E-state index contributed by atoms with van der Waals surface area (Å²) in [6, 6.07) is 25.0. The van der Waals surface area contributed by atoms with Gasteiger partial charge in [0.1, 0.15) is 11.4 Å². The SMILES string of the molecule is O=C1C(=O)c2ccccc2C([O-])=C1N=Nc1ccc(Cl)cc1.O=C1C(=O)c2ccccc2C([O-])=C1N=Nc1ccc(Cl)cc1.[Cu+2]. The van der Waals surface area contributed by atoms with Gasteiger partial charge in [0, 0.05) is 21.2 Å². The van der Waals surface area contributed by atoms with Gasteiger partial charge in [-0.25, -0.2) is 0 Å². The molecule has 2 aliphatic rings. The van der Waals surface area contributed by atoms with Gasteiger partial charge >= 0.3 is 17.1 Å². The number of halogens is 2. The summed E-state index contributed by atoms with van der Waals surface area (Å²) in [5.41, 5.74) is 0.421. The second kappa shape index (κ2) is 14.1. The molecule has 1 radical (unpaired) electrons. The fourth-order valence-corrected chi connectivity index (χ4v) is 4.34. The molecule has 0 spiro atoms. The van der Waals surface area contributed by atoms with Crippen molar-refractivity contribution < 1.29 is 46.5 Å². The summed E-state index contributed by atoms with van der Waals surface area (Å²) in [5.74, 6) is -4.58. The fraction of sp³-hybridized carbons (Fsp3) is 0. The number of carbonyl (C=O) groups excluding carboxylic acids is 4. The predicted octanol–water partition coefficient (Wildman–Crippen LogP) is 5.83. The molecule has 0 fully saturated rings. The molecule has 0 heterocycles. The molecule has 0 saturated heterocycles. The van der Waals surface area contributed by atoms with Gasteiger partial charge in [0.25, 0.3) is 11.6 Å². The largest absolute Gasteiger partial charge is 2.00 e. The number of fused-ring (bicyclic) bond motifs is 2. The molecule has 6 rings (SSSR count). The molecule has 4 aromatic carbocycles. The molecule has 4 aromatic rings. The van der Waals surface area contributed by atoms with E-state index in [-0.39, 0.29) is 39.3 Å². The van der Waals surface area contributed by atoms with Crippen molar-refractivity contribution in [2.45, 2.75) is 0 Å². The van der Waals surface area contributed by atoms with Gasteiger partial charge in [-0.15, -0.1) is 10.2 Å². The number of allylic oxidation sites excluding steroid dienone is 2. The van der Waals surface area contributed by atoms with Crippen molar-refractivity contribution in [3.05, 3.63) is 141 Å². The Bertz CT molecular complexity index is 1830. The average molecular weight is 687 g/mol. The first kappa shape index (κ1) is 32.8. The van der Waals surface area contributed by atoms with Gasteiger partial charge in [0.2, 0.25) is 11.6 Å². The molecule has 225 valence electrons. The molecule has 0 aliphatic heterocycles. The first-order valence-electron chi connectivity index (χ1n) is 12.7. The smallest absolute Gasteiger partial charge is 0.870 e. The normalized spacial score (nSPS) is 14.3. The van der Waals surface area contributed by atoms with E-state index in [0.717, 1.165) is 0 Å². The minimum absolute atomic E-state index is 0. The van der Waals surface area contributed by atoms with E-state index in [1.807, 2.05) is 0 Å². The van der Waals surface area contributed by atoms with Crippen LogP contribution in [0.5, 0.6) is 0 Å². The van der Waals surface area contributed by atoms with E-state index in [1.54, 1.807) is 72.8 Å². The number of hydrogen-bond acceptors (Lipinski definition) is 10. The quantitative estimate of drug-likeness (QED) is 0.149. The minimum atomic E-state index is -0.943. The van der Waals surface area contributed by atoms with Crippen molar-refractivity contribution >= 4 is 69.2 Å². The Kier molecular flexibility index (Phi) is 10.3. The molecule has 0 saturated carbocycles. The van der Waals surface area contributed by atoms with E-state index >= 15 is 0 Å². The Morgan fingerprint density at radius 2 is 0.733 bits per heavy atom. The topological polar surface area (TPSA) is 164 Å². The van der Waals surface area contributed by atoms with Gasteiger partial charge < -0.3 is 10.2 Å². The second-order valence-corrected chi connectivity index (χ2v) is 9.99. The van der Waals surface area contributed by atoms with Crippen molar-refractivity contribution in [2.24, 2.45) is 20.5 Å². The van der Waals surface area contributed by atoms with Crippen molar-refractivity contribution in [1.82, 2.24) is 0 Å². The van der Waals surface area contributed by atoms with Crippen LogP contribution in [0.2, 0.25) is 10.0 Å². The summed E-state index contributed by atoms with van der Waals surface area (Å²) in [6.45, 7) is 0. The van der Waals surface area contributed by atoms with Gasteiger partial charge in [-0.2, -0.15) is 10.2 Å². The Morgan fingerprint density at radius 3 is 1.07 bits per heavy atom. The number of benzene rings is 4. The number of carbonyl (C=O) groups is 4. The van der Waals surface area contributed by atoms with E-state index in [4.69, 9.17) is 23.2 Å². The van der Waals surface area contributed by atoms with Gasteiger partial charge in [0.15, 0.2) is 0 Å². The summed E-state index contributed by atoms with van der Waals surface area (Å²) >= 11 is 11.5. The molecule has 2 aliphatic carbocycles. The first-order valence-corrected chi connectivity index (χ1v) is 13.5. The monoisotopic (exact) mass is 685 g/mol. The molecule has 13 heteroatoms. The molecular weight excluding hydrogens is 671 g/mol. The van der Waals surface area contributed by atoms with Crippen LogP contribution in [0.3, 0.4) is 0 Å². The molecule has 0 atom stereocenters. The van der Waals surface area contributed by atoms with Gasteiger partial charge in [-0.1, -0.05) is 83.3 Å². The zero-order valence-corrected chi connectivity index (χ0v) is 25.0. The maximum absolute atomic E-state index is 12.3. The Hall–Kier alpha value is -5.06. The van der Waals surface area contributed by atoms with Crippen LogP contribution in [0.4, 0.5) is 11.4 Å². The van der Waals surface area contributed by atoms with Crippen molar-refractivity contribution in [2.75, 3.05) is 0 Å². The van der Waals surface area contributed by atoms with Crippen LogP contribution in [-0.4, -0.2) is 23.1 Å². The van der Waals surface area contributed by atoms with Crippen LogP contribution in [0, 0.1) is 0 Å². The van der Waals surface area contributed by atoms with Gasteiger partial charge in [0.05, 0.1) is 11.4 Å². The van der Waals surface area contributed by atoms with E-state index < -0.39 is 46.0 Å². The number of nitrogens with zero attached hydrogens (tertiary/aromatic N) is 4. The van der Waals surface area contributed by atoms with E-state index in [1.165, 1.54) is 24.3 Å². The van der Waals surface area contributed by atoms with Crippen LogP contribution in [-0.2, 0) is 26.7 Å². The summed E-state index contributed by atoms with van der Waals surface area (Å²) in [4.78, 5) is 48.0. The Labute approximate surface area is 275 Å². The number of ketones is 4. The van der Waals surface area contributed by atoms with Crippen molar-refractivity contribution in [3.63, 3.8) is 0 Å². The number of Topliss-reactive ketones (excluding diaryl/α,β-unsaturated/α-hetero) is 4.